The van der Waals surface area contributed by atoms with E-state index in [1.165, 1.54) is 16.5 Å². The minimum absolute atomic E-state index is 0.0787. The quantitative estimate of drug-likeness (QED) is 0.782. The Kier molecular flexibility index (Phi) is 3.67. The number of rotatable bonds is 2. The summed E-state index contributed by atoms with van der Waals surface area (Å²) >= 11 is 4.46. The molecule has 18 heavy (non-hydrogen) atoms. The van der Waals surface area contributed by atoms with E-state index < -0.39 is 0 Å². The summed E-state index contributed by atoms with van der Waals surface area (Å²) in [5, 5.41) is 1.25. The lowest BCUT2D eigenvalue weighted by Crippen LogP contribution is -2.14. The second-order valence-corrected chi connectivity index (χ2v) is 6.10. The zero-order chi connectivity index (χ0) is 13.3. The summed E-state index contributed by atoms with van der Waals surface area (Å²) in [6, 6.07) is 8.76. The molecular weight excluding hydrogens is 238 g/mol. The van der Waals surface area contributed by atoms with E-state index in [1.54, 1.807) is 0 Å². The molecule has 0 unspecified atom stereocenters. The van der Waals surface area contributed by atoms with Crippen molar-refractivity contribution in [2.45, 2.75) is 45.3 Å². The van der Waals surface area contributed by atoms with Crippen molar-refractivity contribution >= 4 is 23.5 Å². The van der Waals surface area contributed by atoms with Crippen molar-refractivity contribution in [3.63, 3.8) is 0 Å². The summed E-state index contributed by atoms with van der Waals surface area (Å²) in [7, 11) is 0. The van der Waals surface area contributed by atoms with E-state index in [9.17, 15) is 0 Å². The van der Waals surface area contributed by atoms with Gasteiger partial charge in [0, 0.05) is 22.2 Å². The zero-order valence-corrected chi connectivity index (χ0v) is 12.5. The van der Waals surface area contributed by atoms with Crippen molar-refractivity contribution in [3.8, 4) is 0 Å². The number of aromatic nitrogens is 1. The van der Waals surface area contributed by atoms with Crippen molar-refractivity contribution in [1.82, 2.24) is 4.98 Å². The van der Waals surface area contributed by atoms with Gasteiger partial charge < -0.3 is 0 Å². The average molecular weight is 259 g/mol. The monoisotopic (exact) mass is 259 g/mol. The van der Waals surface area contributed by atoms with Crippen LogP contribution >= 0.6 is 12.6 Å². The summed E-state index contributed by atoms with van der Waals surface area (Å²) in [5.74, 6) is 0.759. The summed E-state index contributed by atoms with van der Waals surface area (Å²) in [4.78, 5) is 4.80. The molecule has 1 heterocycles. The van der Waals surface area contributed by atoms with E-state index in [2.05, 4.69) is 64.6 Å². The first kappa shape index (κ1) is 13.4. The maximum Gasteiger partial charge on any atom is 0.0708 e. The predicted octanol–water partition coefficient (Wildman–Crippen LogP) is 4.52. The molecule has 1 aromatic carbocycles. The molecule has 2 rings (SSSR count). The standard InChI is InChI=1S/C16H21NS/c1-5-11-6-7-14-13(8-11)12(10-18)9-15(17-14)16(2,3)4/h6-9,18H,5,10H2,1-4H3. The highest BCUT2D eigenvalue weighted by Crippen LogP contribution is 2.27. The van der Waals surface area contributed by atoms with Crippen LogP contribution in [0.5, 0.6) is 0 Å². The van der Waals surface area contributed by atoms with E-state index in [0.29, 0.717) is 0 Å². The summed E-state index contributed by atoms with van der Waals surface area (Å²) < 4.78 is 0. The first-order chi connectivity index (χ1) is 8.45. The van der Waals surface area contributed by atoms with Crippen LogP contribution in [0, 0.1) is 0 Å². The first-order valence-electron chi connectivity index (χ1n) is 6.49. The van der Waals surface area contributed by atoms with Crippen LogP contribution in [0.3, 0.4) is 0 Å². The van der Waals surface area contributed by atoms with Crippen LogP contribution in [0.25, 0.3) is 10.9 Å². The van der Waals surface area contributed by atoms with Gasteiger partial charge in [0.05, 0.1) is 5.52 Å². The van der Waals surface area contributed by atoms with E-state index >= 15 is 0 Å². The SMILES string of the molecule is CCc1ccc2nc(C(C)(C)C)cc(CS)c2c1. The van der Waals surface area contributed by atoms with Crippen LogP contribution < -0.4 is 0 Å². The summed E-state index contributed by atoms with van der Waals surface area (Å²) in [5.41, 5.74) is 4.95. The lowest BCUT2D eigenvalue weighted by Gasteiger charge is -2.20. The third-order valence-corrected chi connectivity index (χ3v) is 3.65. The van der Waals surface area contributed by atoms with Gasteiger partial charge in [-0.1, -0.05) is 33.8 Å². The van der Waals surface area contributed by atoms with Gasteiger partial charge in [-0.2, -0.15) is 12.6 Å². The fourth-order valence-corrected chi connectivity index (χ4v) is 2.34. The molecule has 0 aliphatic carbocycles. The number of benzene rings is 1. The van der Waals surface area contributed by atoms with Crippen LogP contribution in [0.1, 0.15) is 44.5 Å². The van der Waals surface area contributed by atoms with E-state index in [4.69, 9.17) is 4.98 Å². The topological polar surface area (TPSA) is 12.9 Å². The minimum atomic E-state index is 0.0787. The van der Waals surface area contributed by atoms with Gasteiger partial charge in [0.15, 0.2) is 0 Å². The molecule has 0 bridgehead atoms. The van der Waals surface area contributed by atoms with Crippen LogP contribution in [-0.2, 0) is 17.6 Å². The van der Waals surface area contributed by atoms with Crippen molar-refractivity contribution in [3.05, 3.63) is 41.1 Å². The van der Waals surface area contributed by atoms with Gasteiger partial charge in [0.2, 0.25) is 0 Å². The van der Waals surface area contributed by atoms with Crippen LogP contribution in [-0.4, -0.2) is 4.98 Å². The maximum atomic E-state index is 4.80. The lowest BCUT2D eigenvalue weighted by atomic mass is 9.90. The third-order valence-electron chi connectivity index (χ3n) is 3.31. The summed E-state index contributed by atoms with van der Waals surface area (Å²) in [6.07, 6.45) is 1.06. The number of nitrogens with zero attached hydrogens (tertiary/aromatic N) is 1. The molecule has 0 aliphatic rings. The fourth-order valence-electron chi connectivity index (χ4n) is 2.08. The fraction of sp³-hybridized carbons (Fsp3) is 0.438. The van der Waals surface area contributed by atoms with Crippen LogP contribution in [0.15, 0.2) is 24.3 Å². The second kappa shape index (κ2) is 4.93. The third kappa shape index (κ3) is 2.54. The molecule has 0 saturated carbocycles. The number of hydrogen-bond donors (Lipinski definition) is 1. The van der Waals surface area contributed by atoms with E-state index in [-0.39, 0.29) is 5.41 Å². The normalized spacial score (nSPS) is 12.1. The Morgan fingerprint density at radius 1 is 1.17 bits per heavy atom. The van der Waals surface area contributed by atoms with Gasteiger partial charge in [-0.05, 0) is 35.7 Å². The van der Waals surface area contributed by atoms with Gasteiger partial charge in [-0.3, -0.25) is 4.98 Å². The Balaban J connectivity index is 2.71. The lowest BCUT2D eigenvalue weighted by molar-refractivity contribution is 0.571. The van der Waals surface area contributed by atoms with Crippen molar-refractivity contribution in [2.24, 2.45) is 0 Å². The number of hydrogen-bond acceptors (Lipinski definition) is 2. The Morgan fingerprint density at radius 3 is 2.44 bits per heavy atom. The minimum Gasteiger partial charge on any atom is -0.252 e. The Labute approximate surface area is 115 Å². The van der Waals surface area contributed by atoms with Gasteiger partial charge >= 0.3 is 0 Å². The molecule has 1 aromatic heterocycles. The molecule has 0 amide bonds. The summed E-state index contributed by atoms with van der Waals surface area (Å²) in [6.45, 7) is 8.77. The molecule has 0 spiro atoms. The molecule has 0 atom stereocenters. The highest BCUT2D eigenvalue weighted by Gasteiger charge is 2.17. The van der Waals surface area contributed by atoms with Crippen molar-refractivity contribution in [2.75, 3.05) is 0 Å². The molecule has 0 aliphatic heterocycles. The molecule has 0 N–H and O–H groups in total. The van der Waals surface area contributed by atoms with Gasteiger partial charge in [-0.15, -0.1) is 0 Å². The Bertz CT molecular complexity index is 567. The van der Waals surface area contributed by atoms with Crippen LogP contribution in [0.2, 0.25) is 0 Å². The average Bonchev–Trinajstić information content (AvgIpc) is 2.35. The van der Waals surface area contributed by atoms with E-state index in [0.717, 1.165) is 23.4 Å². The van der Waals surface area contributed by atoms with E-state index in [1.807, 2.05) is 0 Å². The maximum absolute atomic E-state index is 4.80. The number of aryl methyl sites for hydroxylation is 1. The Hall–Kier alpha value is -1.02. The highest BCUT2D eigenvalue weighted by molar-refractivity contribution is 7.79. The second-order valence-electron chi connectivity index (χ2n) is 5.78. The van der Waals surface area contributed by atoms with Crippen molar-refractivity contribution < 1.29 is 0 Å². The molecule has 0 saturated heterocycles. The highest BCUT2D eigenvalue weighted by atomic mass is 32.1. The molecule has 1 nitrogen and oxygen atoms in total. The van der Waals surface area contributed by atoms with Gasteiger partial charge in [0.25, 0.3) is 0 Å². The van der Waals surface area contributed by atoms with Crippen molar-refractivity contribution in [1.29, 1.82) is 0 Å². The molecule has 0 fully saturated rings. The zero-order valence-electron chi connectivity index (χ0n) is 11.6. The number of fused-ring (bicyclic) bond motifs is 1. The molecular formula is C16H21NS. The first-order valence-corrected chi connectivity index (χ1v) is 7.13. The number of thiol groups is 1. The van der Waals surface area contributed by atoms with Gasteiger partial charge in [0.1, 0.15) is 0 Å². The number of pyridine rings is 1. The van der Waals surface area contributed by atoms with Crippen LogP contribution in [0.4, 0.5) is 0 Å². The molecule has 0 radical (unpaired) electrons. The molecule has 2 heteroatoms. The predicted molar refractivity (Wildman–Crippen MR) is 82.5 cm³/mol. The van der Waals surface area contributed by atoms with Gasteiger partial charge in [-0.25, -0.2) is 0 Å². The smallest absolute Gasteiger partial charge is 0.0708 e. The molecule has 96 valence electrons. The molecule has 2 aromatic rings. The largest absolute Gasteiger partial charge is 0.252 e. The Morgan fingerprint density at radius 2 is 1.89 bits per heavy atom.